The van der Waals surface area contributed by atoms with Gasteiger partial charge in [0.2, 0.25) is 5.91 Å². The molecule has 4 aromatic rings. The van der Waals surface area contributed by atoms with Crippen LogP contribution in [0.5, 0.6) is 5.75 Å². The lowest BCUT2D eigenvalue weighted by Crippen LogP contribution is -2.70. The van der Waals surface area contributed by atoms with Crippen molar-refractivity contribution >= 4 is 78.7 Å². The number of carboxylic acids is 1. The highest BCUT2D eigenvalue weighted by Crippen LogP contribution is 2.41. The second kappa shape index (κ2) is 12.3. The first kappa shape index (κ1) is 29.6. The molecule has 3 unspecified atom stereocenters. The van der Waals surface area contributed by atoms with Gasteiger partial charge in [0.25, 0.3) is 5.91 Å². The second-order valence-electron chi connectivity index (χ2n) is 10.9. The van der Waals surface area contributed by atoms with Crippen LogP contribution >= 0.6 is 34.9 Å². The van der Waals surface area contributed by atoms with Crippen molar-refractivity contribution in [1.82, 2.24) is 15.2 Å². The topological polar surface area (TPSA) is 121 Å². The number of aliphatic carboxylic acids is 1. The molecule has 7 rings (SSSR count). The van der Waals surface area contributed by atoms with Gasteiger partial charge in [-0.05, 0) is 53.8 Å². The maximum absolute atomic E-state index is 13.0. The summed E-state index contributed by atoms with van der Waals surface area (Å²) in [6.07, 6.45) is 3.61. The third-order valence-electron chi connectivity index (χ3n) is 7.71. The number of nitrogens with one attached hydrogen (secondary N) is 1. The molecule has 9 nitrogen and oxygen atoms in total. The number of amides is 2. The number of allylic oxidation sites excluding steroid dienone is 1. The molecule has 0 saturated carbocycles. The number of thiazole rings is 1. The van der Waals surface area contributed by atoms with Crippen molar-refractivity contribution in [1.29, 1.82) is 0 Å². The highest BCUT2D eigenvalue weighted by Gasteiger charge is 2.53. The summed E-state index contributed by atoms with van der Waals surface area (Å²) in [6.45, 7) is 2.34. The Labute approximate surface area is 271 Å². The molecule has 3 atom stereocenters. The number of hydrogen-bond donors (Lipinski definition) is 2. The van der Waals surface area contributed by atoms with Crippen molar-refractivity contribution in [2.45, 2.75) is 30.8 Å². The van der Waals surface area contributed by atoms with Crippen molar-refractivity contribution in [2.75, 3.05) is 18.1 Å². The number of fused-ring (bicyclic) bond motifs is 4. The van der Waals surface area contributed by atoms with Crippen molar-refractivity contribution in [3.63, 3.8) is 0 Å². The summed E-state index contributed by atoms with van der Waals surface area (Å²) < 4.78 is 7.10. The number of nitrogens with zero attached hydrogens (tertiary/aromatic N) is 3. The Morgan fingerprint density at radius 1 is 1.16 bits per heavy atom. The van der Waals surface area contributed by atoms with Crippen LogP contribution in [0.2, 0.25) is 0 Å². The highest BCUT2D eigenvalue weighted by molar-refractivity contribution is 8.15. The fourth-order valence-electron chi connectivity index (χ4n) is 5.58. The maximum Gasteiger partial charge on any atom is 0.352 e. The summed E-state index contributed by atoms with van der Waals surface area (Å²) >= 11 is 4.85. The van der Waals surface area contributed by atoms with E-state index < -0.39 is 23.3 Å². The molecule has 4 heterocycles. The molecule has 2 N–H and O–H groups in total. The number of aromatic nitrogens is 1. The summed E-state index contributed by atoms with van der Waals surface area (Å²) in [5.41, 5.74) is 2.27. The Kier molecular flexibility index (Phi) is 8.11. The molecular formula is C33H28N4O5S3. The SMILES string of the molecule is CC1CSC(c2nc3ccc4cc(OC/C=C/C5=C(C(=O)O)N6C(=O)C(NC(=O)Cc7ccccc7)C6SC5)ccc4c3s2)=N1. The molecule has 1 saturated heterocycles. The number of hydrogen-bond acceptors (Lipinski definition) is 9. The Bertz CT molecular complexity index is 1940. The molecule has 45 heavy (non-hydrogen) atoms. The van der Waals surface area contributed by atoms with Crippen LogP contribution in [0.4, 0.5) is 0 Å². The van der Waals surface area contributed by atoms with E-state index in [4.69, 9.17) is 14.7 Å². The summed E-state index contributed by atoms with van der Waals surface area (Å²) in [4.78, 5) is 48.5. The van der Waals surface area contributed by atoms with Crippen molar-refractivity contribution in [3.05, 3.63) is 94.7 Å². The monoisotopic (exact) mass is 656 g/mol. The van der Waals surface area contributed by atoms with Crippen molar-refractivity contribution in [2.24, 2.45) is 4.99 Å². The van der Waals surface area contributed by atoms with E-state index in [9.17, 15) is 19.5 Å². The van der Waals surface area contributed by atoms with Crippen LogP contribution in [-0.2, 0) is 20.8 Å². The van der Waals surface area contributed by atoms with E-state index in [0.29, 0.717) is 23.1 Å². The minimum absolute atomic E-state index is 0.0522. The molecule has 3 aromatic carbocycles. The zero-order valence-electron chi connectivity index (χ0n) is 24.1. The van der Waals surface area contributed by atoms with Crippen LogP contribution < -0.4 is 10.1 Å². The number of benzene rings is 3. The van der Waals surface area contributed by atoms with Gasteiger partial charge in [0.15, 0.2) is 0 Å². The number of β-lactam (4-membered cyclic amide) rings is 1. The zero-order valence-corrected chi connectivity index (χ0v) is 26.6. The fourth-order valence-corrected chi connectivity index (χ4v) is 9.08. The van der Waals surface area contributed by atoms with Crippen LogP contribution in [0.15, 0.2) is 89.1 Å². The molecule has 1 aromatic heterocycles. The number of aliphatic imine (C=N–C) groups is 1. The van der Waals surface area contributed by atoms with Crippen LogP contribution in [0.1, 0.15) is 17.5 Å². The average molecular weight is 657 g/mol. The van der Waals surface area contributed by atoms with Gasteiger partial charge in [0.05, 0.1) is 22.7 Å². The lowest BCUT2D eigenvalue weighted by Gasteiger charge is -2.49. The molecular weight excluding hydrogens is 629 g/mol. The third-order valence-corrected chi connectivity index (χ3v) is 11.5. The molecule has 0 bridgehead atoms. The lowest BCUT2D eigenvalue weighted by molar-refractivity contribution is -0.150. The van der Waals surface area contributed by atoms with Gasteiger partial charge in [-0.1, -0.05) is 42.5 Å². The number of thioether (sulfide) groups is 2. The molecule has 3 aliphatic rings. The Morgan fingerprint density at radius 2 is 2.00 bits per heavy atom. The van der Waals surface area contributed by atoms with Gasteiger partial charge >= 0.3 is 5.97 Å². The van der Waals surface area contributed by atoms with Crippen LogP contribution in [0, 0.1) is 0 Å². The molecule has 0 aliphatic carbocycles. The van der Waals surface area contributed by atoms with E-state index in [1.54, 1.807) is 35.3 Å². The predicted octanol–water partition coefficient (Wildman–Crippen LogP) is 5.25. The molecule has 0 spiro atoms. The summed E-state index contributed by atoms with van der Waals surface area (Å²) in [7, 11) is 0. The average Bonchev–Trinajstić information content (AvgIpc) is 3.68. The molecule has 2 amide bonds. The zero-order chi connectivity index (χ0) is 31.1. The first-order valence-electron chi connectivity index (χ1n) is 14.4. The first-order valence-corrected chi connectivity index (χ1v) is 17.3. The smallest absolute Gasteiger partial charge is 0.352 e. The van der Waals surface area contributed by atoms with E-state index in [1.807, 2.05) is 60.7 Å². The van der Waals surface area contributed by atoms with Gasteiger partial charge in [-0.2, -0.15) is 0 Å². The molecule has 228 valence electrons. The van der Waals surface area contributed by atoms with E-state index in [-0.39, 0.29) is 24.6 Å². The van der Waals surface area contributed by atoms with Gasteiger partial charge in [-0.25, -0.2) is 9.78 Å². The van der Waals surface area contributed by atoms with Crippen LogP contribution in [0.3, 0.4) is 0 Å². The van der Waals surface area contributed by atoms with E-state index in [2.05, 4.69) is 12.2 Å². The van der Waals surface area contributed by atoms with Crippen molar-refractivity contribution in [3.8, 4) is 5.75 Å². The number of carbonyl (C=O) groups excluding carboxylic acids is 2. The van der Waals surface area contributed by atoms with Gasteiger partial charge in [0, 0.05) is 16.9 Å². The van der Waals surface area contributed by atoms with Crippen LogP contribution in [0.25, 0.3) is 21.0 Å². The fraction of sp³-hybridized carbons (Fsp3) is 0.242. The Balaban J connectivity index is 1.00. The minimum Gasteiger partial charge on any atom is -0.490 e. The normalized spacial score (nSPS) is 21.3. The Hall–Kier alpha value is -4.13. The molecule has 3 aliphatic heterocycles. The number of carbonyl (C=O) groups is 3. The summed E-state index contributed by atoms with van der Waals surface area (Å²) in [6, 6.07) is 18.8. The first-order chi connectivity index (χ1) is 21.9. The van der Waals surface area contributed by atoms with Gasteiger partial charge in [0.1, 0.15) is 39.5 Å². The third kappa shape index (κ3) is 5.85. The maximum atomic E-state index is 13.0. The minimum atomic E-state index is -1.18. The van der Waals surface area contributed by atoms with Gasteiger partial charge in [-0.3, -0.25) is 19.5 Å². The largest absolute Gasteiger partial charge is 0.490 e. The number of rotatable bonds is 9. The number of carboxylic acid groups (broad SMARTS) is 1. The molecule has 0 radical (unpaired) electrons. The number of ether oxygens (including phenoxy) is 1. The predicted molar refractivity (Wildman–Crippen MR) is 180 cm³/mol. The van der Waals surface area contributed by atoms with Gasteiger partial charge < -0.3 is 15.2 Å². The van der Waals surface area contributed by atoms with Crippen LogP contribution in [-0.4, -0.2) is 73.4 Å². The van der Waals surface area contributed by atoms with Gasteiger partial charge in [-0.15, -0.1) is 34.9 Å². The van der Waals surface area contributed by atoms with E-state index in [0.717, 1.165) is 42.4 Å². The molecule has 1 fully saturated rings. The molecule has 12 heteroatoms. The van der Waals surface area contributed by atoms with E-state index in [1.165, 1.54) is 16.7 Å². The lowest BCUT2D eigenvalue weighted by atomic mass is 10.0. The quantitative estimate of drug-likeness (QED) is 0.235. The summed E-state index contributed by atoms with van der Waals surface area (Å²) in [5.74, 6) is 0.204. The van der Waals surface area contributed by atoms with E-state index >= 15 is 0 Å². The summed E-state index contributed by atoms with van der Waals surface area (Å²) in [5, 5.41) is 16.4. The Morgan fingerprint density at radius 3 is 2.78 bits per heavy atom. The highest BCUT2D eigenvalue weighted by atomic mass is 32.2. The second-order valence-corrected chi connectivity index (χ2v) is 14.0. The van der Waals surface area contributed by atoms with Crippen molar-refractivity contribution < 1.29 is 24.2 Å². The standard InChI is InChI=1S/C33H28N4O5S3/c1-18-16-43-29(34-18)30-35-24-12-9-20-15-22(10-11-23(20)28(24)45-30)42-13-5-8-21-17-44-32-26(31(39)37(32)27(21)33(40)41)36-25(38)14-19-6-3-2-4-7-19/h2-12,15,18,26,32H,13-14,16-17H2,1H3,(H,36,38)(H,40,41)/b8-5+.